The normalized spacial score (nSPS) is 11.3. The van der Waals surface area contributed by atoms with Gasteiger partial charge in [0.2, 0.25) is 0 Å². The molecule has 0 aliphatic carbocycles. The van der Waals surface area contributed by atoms with Gasteiger partial charge in [0.05, 0.1) is 6.54 Å². The Morgan fingerprint density at radius 2 is 2.00 bits per heavy atom. The molecule has 0 aliphatic heterocycles. The van der Waals surface area contributed by atoms with E-state index in [9.17, 15) is 4.79 Å². The third kappa shape index (κ3) is 3.43. The molecule has 100 valence electrons. The lowest BCUT2D eigenvalue weighted by molar-refractivity contribution is 0.158. The van der Waals surface area contributed by atoms with Gasteiger partial charge < -0.3 is 0 Å². The van der Waals surface area contributed by atoms with Crippen molar-refractivity contribution in [2.45, 2.75) is 39.8 Å². The highest BCUT2D eigenvalue weighted by Crippen LogP contribution is 2.16. The van der Waals surface area contributed by atoms with Crippen molar-refractivity contribution in [1.29, 1.82) is 0 Å². The molecule has 0 aromatic carbocycles. The van der Waals surface area contributed by atoms with E-state index in [1.807, 2.05) is 11.1 Å². The SMILES string of the molecule is C=CCN(c1ccnc(=O)[nH]1)N(C(C)C)C(C)C. The van der Waals surface area contributed by atoms with E-state index in [1.165, 1.54) is 6.20 Å². The summed E-state index contributed by atoms with van der Waals surface area (Å²) in [6.45, 7) is 12.9. The Kier molecular flexibility index (Phi) is 5.09. The molecule has 1 N–H and O–H groups in total. The fourth-order valence-electron chi connectivity index (χ4n) is 2.10. The van der Waals surface area contributed by atoms with Crippen LogP contribution in [0.5, 0.6) is 0 Å². The number of hydrogen-bond acceptors (Lipinski definition) is 4. The molecule has 5 heteroatoms. The van der Waals surface area contributed by atoms with Gasteiger partial charge in [-0.25, -0.2) is 14.8 Å². The number of hydrazine groups is 1. The largest absolute Gasteiger partial charge is 0.346 e. The molecule has 1 aromatic rings. The number of hydrogen-bond donors (Lipinski definition) is 1. The first kappa shape index (κ1) is 14.4. The molecular formula is C13H22N4O. The highest BCUT2D eigenvalue weighted by atomic mass is 16.1. The predicted molar refractivity (Wildman–Crippen MR) is 74.5 cm³/mol. The Morgan fingerprint density at radius 1 is 1.39 bits per heavy atom. The number of aromatic amines is 1. The van der Waals surface area contributed by atoms with Gasteiger partial charge in [-0.15, -0.1) is 6.58 Å². The summed E-state index contributed by atoms with van der Waals surface area (Å²) < 4.78 is 0. The van der Waals surface area contributed by atoms with Crippen LogP contribution in [0.2, 0.25) is 0 Å². The lowest BCUT2D eigenvalue weighted by Crippen LogP contribution is -2.51. The average molecular weight is 250 g/mol. The van der Waals surface area contributed by atoms with E-state index in [0.29, 0.717) is 18.6 Å². The lowest BCUT2D eigenvalue weighted by atomic mass is 10.3. The Balaban J connectivity index is 3.15. The van der Waals surface area contributed by atoms with Gasteiger partial charge in [-0.3, -0.25) is 9.99 Å². The van der Waals surface area contributed by atoms with Crippen molar-refractivity contribution in [3.8, 4) is 0 Å². The molecule has 0 aliphatic rings. The minimum Gasteiger partial charge on any atom is -0.291 e. The fourth-order valence-corrected chi connectivity index (χ4v) is 2.10. The van der Waals surface area contributed by atoms with Gasteiger partial charge in [-0.05, 0) is 33.8 Å². The summed E-state index contributed by atoms with van der Waals surface area (Å²) in [6, 6.07) is 2.44. The van der Waals surface area contributed by atoms with Crippen LogP contribution in [0.1, 0.15) is 27.7 Å². The van der Waals surface area contributed by atoms with Gasteiger partial charge in [0.25, 0.3) is 0 Å². The van der Waals surface area contributed by atoms with Crippen molar-refractivity contribution in [2.75, 3.05) is 11.6 Å². The van der Waals surface area contributed by atoms with Crippen molar-refractivity contribution >= 4 is 5.82 Å². The molecule has 0 bridgehead atoms. The third-order valence-electron chi connectivity index (χ3n) is 2.58. The van der Waals surface area contributed by atoms with Crippen molar-refractivity contribution in [3.63, 3.8) is 0 Å². The Bertz CT molecular complexity index is 431. The zero-order valence-electron chi connectivity index (χ0n) is 11.6. The summed E-state index contributed by atoms with van der Waals surface area (Å²) >= 11 is 0. The van der Waals surface area contributed by atoms with E-state index in [4.69, 9.17) is 0 Å². The topological polar surface area (TPSA) is 52.2 Å². The molecule has 0 saturated carbocycles. The Labute approximate surface area is 108 Å². The second kappa shape index (κ2) is 6.35. The number of H-pyrrole nitrogens is 1. The zero-order valence-corrected chi connectivity index (χ0v) is 11.6. The maximum atomic E-state index is 11.3. The molecule has 5 nitrogen and oxygen atoms in total. The second-order valence-electron chi connectivity index (χ2n) is 4.70. The first-order chi connectivity index (χ1) is 8.47. The first-order valence-electron chi connectivity index (χ1n) is 6.19. The van der Waals surface area contributed by atoms with Crippen LogP contribution in [0.15, 0.2) is 29.7 Å². The maximum absolute atomic E-state index is 11.3. The quantitative estimate of drug-likeness (QED) is 0.618. The Morgan fingerprint density at radius 3 is 2.44 bits per heavy atom. The minimum absolute atomic E-state index is 0.321. The smallest absolute Gasteiger partial charge is 0.291 e. The van der Waals surface area contributed by atoms with Crippen molar-refractivity contribution in [2.24, 2.45) is 0 Å². The summed E-state index contributed by atoms with van der Waals surface area (Å²) in [4.78, 5) is 17.7. The van der Waals surface area contributed by atoms with E-state index in [2.05, 4.69) is 49.3 Å². The number of rotatable bonds is 6. The fraction of sp³-hybridized carbons (Fsp3) is 0.538. The molecule has 0 atom stereocenters. The zero-order chi connectivity index (χ0) is 13.7. The molecule has 0 saturated heterocycles. The maximum Gasteiger partial charge on any atom is 0.346 e. The molecule has 1 heterocycles. The van der Waals surface area contributed by atoms with Crippen LogP contribution >= 0.6 is 0 Å². The number of anilines is 1. The second-order valence-corrected chi connectivity index (χ2v) is 4.70. The van der Waals surface area contributed by atoms with Crippen LogP contribution in [0.4, 0.5) is 5.82 Å². The van der Waals surface area contributed by atoms with Crippen molar-refractivity contribution in [1.82, 2.24) is 15.0 Å². The van der Waals surface area contributed by atoms with Gasteiger partial charge >= 0.3 is 5.69 Å². The van der Waals surface area contributed by atoms with Crippen LogP contribution in [0.3, 0.4) is 0 Å². The van der Waals surface area contributed by atoms with Gasteiger partial charge in [-0.2, -0.15) is 0 Å². The van der Waals surface area contributed by atoms with Crippen molar-refractivity contribution in [3.05, 3.63) is 35.4 Å². The Hall–Kier alpha value is -1.62. The predicted octanol–water partition coefficient (Wildman–Crippen LogP) is 1.80. The highest BCUT2D eigenvalue weighted by Gasteiger charge is 2.21. The summed E-state index contributed by atoms with van der Waals surface area (Å²) in [5.41, 5.74) is -0.339. The third-order valence-corrected chi connectivity index (χ3v) is 2.58. The molecule has 1 rings (SSSR count). The molecule has 18 heavy (non-hydrogen) atoms. The van der Waals surface area contributed by atoms with Gasteiger partial charge in [0.15, 0.2) is 0 Å². The number of aromatic nitrogens is 2. The van der Waals surface area contributed by atoms with E-state index < -0.39 is 0 Å². The molecule has 0 amide bonds. The summed E-state index contributed by atoms with van der Waals surface area (Å²) in [5, 5.41) is 4.22. The van der Waals surface area contributed by atoms with Crippen LogP contribution in [-0.4, -0.2) is 33.6 Å². The first-order valence-corrected chi connectivity index (χ1v) is 6.19. The van der Waals surface area contributed by atoms with E-state index >= 15 is 0 Å². The minimum atomic E-state index is -0.339. The average Bonchev–Trinajstić information content (AvgIpc) is 2.27. The summed E-state index contributed by atoms with van der Waals surface area (Å²) in [5.74, 6) is 0.734. The molecule has 0 fully saturated rings. The van der Waals surface area contributed by atoms with Gasteiger partial charge in [0.1, 0.15) is 5.82 Å². The van der Waals surface area contributed by atoms with Gasteiger partial charge in [0, 0.05) is 18.3 Å². The standard InChI is InChI=1S/C13H22N4O/c1-6-9-16(17(10(2)3)11(4)5)12-7-8-14-13(18)15-12/h6-8,10-11H,1,9H2,2-5H3,(H,14,15,18). The lowest BCUT2D eigenvalue weighted by Gasteiger charge is -2.41. The van der Waals surface area contributed by atoms with E-state index in [0.717, 1.165) is 5.82 Å². The van der Waals surface area contributed by atoms with Crippen LogP contribution in [0, 0.1) is 0 Å². The summed E-state index contributed by atoms with van der Waals surface area (Å²) in [7, 11) is 0. The summed E-state index contributed by atoms with van der Waals surface area (Å²) in [6.07, 6.45) is 3.33. The number of nitrogens with zero attached hydrogens (tertiary/aromatic N) is 3. The molecular weight excluding hydrogens is 228 g/mol. The number of nitrogens with one attached hydrogen (secondary N) is 1. The van der Waals surface area contributed by atoms with E-state index in [-0.39, 0.29) is 5.69 Å². The van der Waals surface area contributed by atoms with Crippen LogP contribution in [0.25, 0.3) is 0 Å². The molecule has 1 aromatic heterocycles. The van der Waals surface area contributed by atoms with Crippen LogP contribution in [-0.2, 0) is 0 Å². The van der Waals surface area contributed by atoms with E-state index in [1.54, 1.807) is 6.07 Å². The molecule has 0 unspecified atom stereocenters. The monoisotopic (exact) mass is 250 g/mol. The van der Waals surface area contributed by atoms with Gasteiger partial charge in [-0.1, -0.05) is 6.08 Å². The molecule has 0 spiro atoms. The highest BCUT2D eigenvalue weighted by molar-refractivity contribution is 5.36. The van der Waals surface area contributed by atoms with Crippen LogP contribution < -0.4 is 10.7 Å². The molecule has 0 radical (unpaired) electrons. The van der Waals surface area contributed by atoms with Crippen molar-refractivity contribution < 1.29 is 0 Å².